The molecule has 2 heterocycles. The van der Waals surface area contributed by atoms with E-state index in [1.165, 1.54) is 12.1 Å². The molecular formula is C27H29N5O6. The fourth-order valence-electron chi connectivity index (χ4n) is 3.99. The fraction of sp³-hybridized carbons (Fsp3) is 0.259. The van der Waals surface area contributed by atoms with E-state index in [-0.39, 0.29) is 12.1 Å². The molecule has 11 nitrogen and oxygen atoms in total. The van der Waals surface area contributed by atoms with E-state index in [1.807, 2.05) is 25.8 Å². The van der Waals surface area contributed by atoms with E-state index in [2.05, 4.69) is 21.3 Å². The number of aryl methyl sites for hydroxylation is 2. The van der Waals surface area contributed by atoms with Gasteiger partial charge in [0, 0.05) is 72.6 Å². The summed E-state index contributed by atoms with van der Waals surface area (Å²) in [4.78, 5) is 49.6. The number of amides is 4. The van der Waals surface area contributed by atoms with E-state index in [4.69, 9.17) is 8.83 Å². The van der Waals surface area contributed by atoms with Crippen molar-refractivity contribution in [2.24, 2.45) is 0 Å². The molecule has 0 aliphatic carbocycles. The normalized spacial score (nSPS) is 11.1. The van der Waals surface area contributed by atoms with E-state index in [0.717, 1.165) is 21.9 Å². The number of carbonyl (C=O) groups is 2. The van der Waals surface area contributed by atoms with Crippen LogP contribution in [-0.2, 0) is 0 Å². The Hall–Kier alpha value is -4.64. The van der Waals surface area contributed by atoms with Crippen molar-refractivity contribution in [3.63, 3.8) is 0 Å². The van der Waals surface area contributed by atoms with Crippen molar-refractivity contribution in [1.29, 1.82) is 0 Å². The molecule has 0 radical (unpaired) electrons. The van der Waals surface area contributed by atoms with Gasteiger partial charge in [-0.3, -0.25) is 0 Å². The Morgan fingerprint density at radius 2 is 1.13 bits per heavy atom. The Balaban J connectivity index is 1.16. The molecule has 0 aliphatic heterocycles. The molecule has 4 amide bonds. The van der Waals surface area contributed by atoms with Gasteiger partial charge in [0.2, 0.25) is 0 Å². The first-order valence-electron chi connectivity index (χ1n) is 12.1. The van der Waals surface area contributed by atoms with Crippen LogP contribution in [0.4, 0.5) is 21.0 Å². The van der Waals surface area contributed by atoms with Crippen molar-refractivity contribution in [3.05, 3.63) is 80.5 Å². The molecule has 198 valence electrons. The first kappa shape index (κ1) is 26.4. The number of nitrogens with zero attached hydrogens (tertiary/aromatic N) is 1. The van der Waals surface area contributed by atoms with Crippen LogP contribution < -0.4 is 32.5 Å². The van der Waals surface area contributed by atoms with Crippen molar-refractivity contribution >= 4 is 45.4 Å². The first-order valence-corrected chi connectivity index (χ1v) is 12.1. The van der Waals surface area contributed by atoms with Crippen LogP contribution in [0, 0.1) is 13.8 Å². The lowest BCUT2D eigenvalue weighted by molar-refractivity contribution is 0.247. The zero-order valence-electron chi connectivity index (χ0n) is 21.3. The molecule has 38 heavy (non-hydrogen) atoms. The Labute approximate surface area is 217 Å². The minimum absolute atomic E-state index is 0.383. The third kappa shape index (κ3) is 6.77. The molecule has 0 saturated carbocycles. The van der Waals surface area contributed by atoms with Crippen molar-refractivity contribution in [2.75, 3.05) is 43.9 Å². The molecule has 0 aliphatic rings. The summed E-state index contributed by atoms with van der Waals surface area (Å²) in [7, 11) is 1.88. The zero-order valence-corrected chi connectivity index (χ0v) is 21.3. The van der Waals surface area contributed by atoms with Gasteiger partial charge in [0.25, 0.3) is 0 Å². The maximum absolute atomic E-state index is 12.2. The second kappa shape index (κ2) is 11.6. The number of benzene rings is 2. The number of carbonyl (C=O) groups excluding carboxylic acids is 2. The summed E-state index contributed by atoms with van der Waals surface area (Å²) in [5, 5.41) is 12.6. The van der Waals surface area contributed by atoms with Crippen LogP contribution in [0.25, 0.3) is 21.9 Å². The average Bonchev–Trinajstić information content (AvgIpc) is 2.83. The lowest BCUT2D eigenvalue weighted by atomic mass is 10.1. The molecule has 4 N–H and O–H groups in total. The Kier molecular flexibility index (Phi) is 8.07. The van der Waals surface area contributed by atoms with Crippen LogP contribution in [-0.4, -0.2) is 50.2 Å². The smallest absolute Gasteiger partial charge is 0.336 e. The van der Waals surface area contributed by atoms with Crippen LogP contribution >= 0.6 is 0 Å². The Morgan fingerprint density at radius 3 is 1.55 bits per heavy atom. The molecular weight excluding hydrogens is 490 g/mol. The predicted octanol–water partition coefficient (Wildman–Crippen LogP) is 3.39. The summed E-state index contributed by atoms with van der Waals surface area (Å²) >= 11 is 0. The van der Waals surface area contributed by atoms with E-state index in [1.54, 1.807) is 36.4 Å². The molecule has 4 aromatic rings. The molecule has 0 atom stereocenters. The summed E-state index contributed by atoms with van der Waals surface area (Å²) in [5.41, 5.74) is 2.57. The zero-order chi connectivity index (χ0) is 27.2. The lowest BCUT2D eigenvalue weighted by Gasteiger charge is -2.17. The fourth-order valence-corrected chi connectivity index (χ4v) is 3.99. The SMILES string of the molecule is Cc1cc(=O)oc2cc(NC(=O)NCCN(C)CCNC(=O)Nc3ccc4c(C)cc(=O)oc4c3)ccc12. The van der Waals surface area contributed by atoms with Crippen LogP contribution in [0.2, 0.25) is 0 Å². The second-order valence-corrected chi connectivity index (χ2v) is 8.98. The highest BCUT2D eigenvalue weighted by Gasteiger charge is 2.09. The maximum Gasteiger partial charge on any atom is 0.336 e. The minimum Gasteiger partial charge on any atom is -0.423 e. The Morgan fingerprint density at radius 1 is 0.711 bits per heavy atom. The highest BCUT2D eigenvalue weighted by Crippen LogP contribution is 2.21. The molecule has 0 fully saturated rings. The van der Waals surface area contributed by atoms with Gasteiger partial charge >= 0.3 is 23.3 Å². The van der Waals surface area contributed by atoms with Crippen molar-refractivity contribution in [2.45, 2.75) is 13.8 Å². The monoisotopic (exact) mass is 519 g/mol. The quantitative estimate of drug-likeness (QED) is 0.261. The molecule has 0 spiro atoms. The van der Waals surface area contributed by atoms with Gasteiger partial charge in [-0.05, 0) is 56.3 Å². The molecule has 0 unspecified atom stereocenters. The number of anilines is 2. The summed E-state index contributed by atoms with van der Waals surface area (Å²) < 4.78 is 10.4. The number of rotatable bonds is 8. The second-order valence-electron chi connectivity index (χ2n) is 8.98. The van der Waals surface area contributed by atoms with Gasteiger partial charge in [-0.15, -0.1) is 0 Å². The first-order chi connectivity index (χ1) is 18.2. The molecule has 0 saturated heterocycles. The Bertz CT molecular complexity index is 1490. The largest absolute Gasteiger partial charge is 0.423 e. The van der Waals surface area contributed by atoms with Gasteiger partial charge in [0.05, 0.1) is 0 Å². The van der Waals surface area contributed by atoms with Gasteiger partial charge in [-0.25, -0.2) is 19.2 Å². The van der Waals surface area contributed by atoms with Gasteiger partial charge in [0.15, 0.2) is 0 Å². The minimum atomic E-state index is -0.440. The predicted molar refractivity (Wildman–Crippen MR) is 146 cm³/mol. The van der Waals surface area contributed by atoms with Gasteiger partial charge in [-0.2, -0.15) is 0 Å². The van der Waals surface area contributed by atoms with E-state index in [9.17, 15) is 19.2 Å². The van der Waals surface area contributed by atoms with Crippen LogP contribution in [0.3, 0.4) is 0 Å². The average molecular weight is 520 g/mol. The highest BCUT2D eigenvalue weighted by molar-refractivity contribution is 5.93. The van der Waals surface area contributed by atoms with E-state index in [0.29, 0.717) is 48.7 Å². The number of likely N-dealkylation sites (N-methyl/N-ethyl adjacent to an activating group) is 1. The topological polar surface area (TPSA) is 146 Å². The molecule has 11 heteroatoms. The van der Waals surface area contributed by atoms with Gasteiger partial charge in [-0.1, -0.05) is 0 Å². The number of hydrogen-bond donors (Lipinski definition) is 4. The molecule has 0 bridgehead atoms. The standard InChI is InChI=1S/C27H29N5O6/c1-16-12-24(33)37-22-14-18(4-6-20(16)22)30-26(35)28-8-10-32(3)11-9-29-27(36)31-19-5-7-21-17(2)13-25(34)38-23(21)15-19/h4-7,12-15H,8-11H2,1-3H3,(H2,28,30,35)(H2,29,31,36). The van der Waals surface area contributed by atoms with E-state index >= 15 is 0 Å². The van der Waals surface area contributed by atoms with Gasteiger partial charge < -0.3 is 35.0 Å². The summed E-state index contributed by atoms with van der Waals surface area (Å²) in [6.45, 7) is 5.54. The van der Waals surface area contributed by atoms with Crippen LogP contribution in [0.1, 0.15) is 11.1 Å². The van der Waals surface area contributed by atoms with Crippen LogP contribution in [0.5, 0.6) is 0 Å². The number of hydrogen-bond acceptors (Lipinski definition) is 7. The molecule has 2 aromatic heterocycles. The van der Waals surface area contributed by atoms with Crippen molar-refractivity contribution in [1.82, 2.24) is 15.5 Å². The van der Waals surface area contributed by atoms with Crippen molar-refractivity contribution < 1.29 is 18.4 Å². The summed E-state index contributed by atoms with van der Waals surface area (Å²) in [5.74, 6) is 0. The summed E-state index contributed by atoms with van der Waals surface area (Å²) in [6.07, 6.45) is 0. The third-order valence-electron chi connectivity index (χ3n) is 5.98. The third-order valence-corrected chi connectivity index (χ3v) is 5.98. The maximum atomic E-state index is 12.2. The number of nitrogens with one attached hydrogen (secondary N) is 4. The van der Waals surface area contributed by atoms with Gasteiger partial charge in [0.1, 0.15) is 11.2 Å². The highest BCUT2D eigenvalue weighted by atomic mass is 16.4. The number of urea groups is 2. The van der Waals surface area contributed by atoms with Crippen molar-refractivity contribution in [3.8, 4) is 0 Å². The lowest BCUT2D eigenvalue weighted by Crippen LogP contribution is -2.39. The molecule has 2 aromatic carbocycles. The number of fused-ring (bicyclic) bond motifs is 2. The summed E-state index contributed by atoms with van der Waals surface area (Å²) in [6, 6.07) is 12.4. The van der Waals surface area contributed by atoms with Crippen LogP contribution in [0.15, 0.2) is 67.0 Å². The van der Waals surface area contributed by atoms with E-state index < -0.39 is 11.3 Å². The molecule has 4 rings (SSSR count).